The Morgan fingerprint density at radius 3 is 2.35 bits per heavy atom. The molecule has 0 unspecified atom stereocenters. The molecule has 1 aliphatic heterocycles. The van der Waals surface area contributed by atoms with Crippen molar-refractivity contribution in [1.82, 2.24) is 9.62 Å². The van der Waals surface area contributed by atoms with Gasteiger partial charge in [0.1, 0.15) is 0 Å². The number of nitrogens with zero attached hydrogens (tertiary/aromatic N) is 2. The molecule has 1 heterocycles. The fourth-order valence-electron chi connectivity index (χ4n) is 2.69. The van der Waals surface area contributed by atoms with Gasteiger partial charge in [0, 0.05) is 31.7 Å². The predicted octanol–water partition coefficient (Wildman–Crippen LogP) is 1.43. The van der Waals surface area contributed by atoms with Crippen molar-refractivity contribution in [3.8, 4) is 0 Å². The number of carbonyl (C=O) groups excluding carboxylic acids is 1. The van der Waals surface area contributed by atoms with E-state index in [0.29, 0.717) is 26.1 Å². The molecule has 1 saturated heterocycles. The first-order chi connectivity index (χ1) is 11.0. The van der Waals surface area contributed by atoms with E-state index in [9.17, 15) is 13.2 Å². The fourth-order valence-corrected chi connectivity index (χ4v) is 3.71. The second-order valence-electron chi connectivity index (χ2n) is 5.57. The highest BCUT2D eigenvalue weighted by atomic mass is 32.2. The lowest BCUT2D eigenvalue weighted by molar-refractivity contribution is -0.117. The molecule has 1 amide bonds. The van der Waals surface area contributed by atoms with E-state index >= 15 is 0 Å². The van der Waals surface area contributed by atoms with Gasteiger partial charge >= 0.3 is 0 Å². The maximum absolute atomic E-state index is 12.3. The third-order valence-electron chi connectivity index (χ3n) is 4.15. The van der Waals surface area contributed by atoms with Crippen molar-refractivity contribution < 1.29 is 13.2 Å². The van der Waals surface area contributed by atoms with Gasteiger partial charge in [0.05, 0.1) is 4.90 Å². The van der Waals surface area contributed by atoms with Crippen LogP contribution in [0.1, 0.15) is 26.7 Å². The summed E-state index contributed by atoms with van der Waals surface area (Å²) >= 11 is 0. The van der Waals surface area contributed by atoms with Gasteiger partial charge in [0.2, 0.25) is 15.9 Å². The summed E-state index contributed by atoms with van der Waals surface area (Å²) in [5.74, 6) is 0.0953. The van der Waals surface area contributed by atoms with Crippen molar-refractivity contribution in [2.75, 3.05) is 37.6 Å². The van der Waals surface area contributed by atoms with Crippen LogP contribution in [0.4, 0.5) is 5.69 Å². The number of rotatable bonds is 8. The van der Waals surface area contributed by atoms with Crippen LogP contribution in [0.3, 0.4) is 0 Å². The van der Waals surface area contributed by atoms with Crippen molar-refractivity contribution in [1.29, 1.82) is 0 Å². The summed E-state index contributed by atoms with van der Waals surface area (Å²) in [5.41, 5.74) is 0.759. The molecule has 0 aromatic heterocycles. The third-order valence-corrected chi connectivity index (χ3v) is 5.62. The molecule has 23 heavy (non-hydrogen) atoms. The Balaban J connectivity index is 1.98. The van der Waals surface area contributed by atoms with Crippen molar-refractivity contribution >= 4 is 21.6 Å². The highest BCUT2D eigenvalue weighted by Crippen LogP contribution is 2.22. The quantitative estimate of drug-likeness (QED) is 0.778. The summed E-state index contributed by atoms with van der Waals surface area (Å²) in [6.45, 7) is 7.68. The highest BCUT2D eigenvalue weighted by Gasteiger charge is 2.22. The Morgan fingerprint density at radius 2 is 1.83 bits per heavy atom. The molecule has 1 aliphatic rings. The summed E-state index contributed by atoms with van der Waals surface area (Å²) < 4.78 is 27.2. The van der Waals surface area contributed by atoms with E-state index in [1.807, 2.05) is 0 Å². The molecular formula is C16H25N3O3S. The molecule has 1 N–H and O–H groups in total. The third kappa shape index (κ3) is 4.53. The van der Waals surface area contributed by atoms with Crippen molar-refractivity contribution in [2.45, 2.75) is 31.6 Å². The number of likely N-dealkylation sites (N-methyl/N-ethyl adjacent to an activating group) is 1. The Hall–Kier alpha value is -1.44. The van der Waals surface area contributed by atoms with Gasteiger partial charge < -0.3 is 9.80 Å². The van der Waals surface area contributed by atoms with E-state index in [2.05, 4.69) is 23.5 Å². The first kappa shape index (κ1) is 17.9. The van der Waals surface area contributed by atoms with E-state index in [-0.39, 0.29) is 10.8 Å². The second-order valence-corrected chi connectivity index (χ2v) is 7.33. The van der Waals surface area contributed by atoms with Crippen LogP contribution in [-0.2, 0) is 14.8 Å². The van der Waals surface area contributed by atoms with Crippen LogP contribution in [0.5, 0.6) is 0 Å². The number of anilines is 1. The lowest BCUT2D eigenvalue weighted by Crippen LogP contribution is -2.34. The maximum atomic E-state index is 12.3. The van der Waals surface area contributed by atoms with E-state index in [0.717, 1.165) is 25.2 Å². The molecule has 7 heteroatoms. The minimum Gasteiger partial charge on any atom is -0.312 e. The number of sulfonamides is 1. The van der Waals surface area contributed by atoms with Gasteiger partial charge in [0.15, 0.2) is 0 Å². The number of benzene rings is 1. The Kier molecular flexibility index (Phi) is 6.15. The molecular weight excluding hydrogens is 314 g/mol. The minimum absolute atomic E-state index is 0.0953. The number of amides is 1. The van der Waals surface area contributed by atoms with E-state index in [1.54, 1.807) is 29.2 Å². The van der Waals surface area contributed by atoms with Crippen LogP contribution in [0.2, 0.25) is 0 Å². The molecule has 0 spiro atoms. The Morgan fingerprint density at radius 1 is 1.17 bits per heavy atom. The summed E-state index contributed by atoms with van der Waals surface area (Å²) in [5, 5.41) is 0. The summed E-state index contributed by atoms with van der Waals surface area (Å²) in [7, 11) is -3.51. The van der Waals surface area contributed by atoms with Gasteiger partial charge in [-0.2, -0.15) is 0 Å². The van der Waals surface area contributed by atoms with E-state index in [1.165, 1.54) is 0 Å². The van der Waals surface area contributed by atoms with Crippen LogP contribution in [0.15, 0.2) is 29.2 Å². The summed E-state index contributed by atoms with van der Waals surface area (Å²) in [6.07, 6.45) is 1.42. The SMILES string of the molecule is CCN(CC)CCNS(=O)(=O)c1ccc(N2CCCC2=O)cc1. The molecule has 1 aromatic carbocycles. The number of hydrogen-bond donors (Lipinski definition) is 1. The molecule has 2 rings (SSSR count). The van der Waals surface area contributed by atoms with E-state index < -0.39 is 10.0 Å². The summed E-state index contributed by atoms with van der Waals surface area (Å²) in [6, 6.07) is 6.51. The van der Waals surface area contributed by atoms with Crippen molar-refractivity contribution in [3.05, 3.63) is 24.3 Å². The van der Waals surface area contributed by atoms with Gasteiger partial charge in [0.25, 0.3) is 0 Å². The van der Waals surface area contributed by atoms with Gasteiger partial charge in [-0.3, -0.25) is 4.79 Å². The average molecular weight is 339 g/mol. The van der Waals surface area contributed by atoms with Crippen LogP contribution in [-0.4, -0.2) is 51.9 Å². The molecule has 0 bridgehead atoms. The smallest absolute Gasteiger partial charge is 0.240 e. The zero-order valence-electron chi connectivity index (χ0n) is 13.8. The van der Waals surface area contributed by atoms with Crippen molar-refractivity contribution in [3.63, 3.8) is 0 Å². The predicted molar refractivity (Wildman–Crippen MR) is 91.0 cm³/mol. The first-order valence-electron chi connectivity index (χ1n) is 8.10. The zero-order chi connectivity index (χ0) is 16.9. The van der Waals surface area contributed by atoms with Crippen LogP contribution < -0.4 is 9.62 Å². The number of hydrogen-bond acceptors (Lipinski definition) is 4. The van der Waals surface area contributed by atoms with Gasteiger partial charge in [-0.15, -0.1) is 0 Å². The normalized spacial score (nSPS) is 15.6. The lowest BCUT2D eigenvalue weighted by atomic mass is 10.3. The highest BCUT2D eigenvalue weighted by molar-refractivity contribution is 7.89. The van der Waals surface area contributed by atoms with Gasteiger partial charge in [-0.1, -0.05) is 13.8 Å². The molecule has 0 atom stereocenters. The maximum Gasteiger partial charge on any atom is 0.240 e. The fraction of sp³-hybridized carbons (Fsp3) is 0.562. The summed E-state index contributed by atoms with van der Waals surface area (Å²) in [4.78, 5) is 15.8. The monoisotopic (exact) mass is 339 g/mol. The number of carbonyl (C=O) groups is 1. The zero-order valence-corrected chi connectivity index (χ0v) is 14.6. The second kappa shape index (κ2) is 7.90. The molecule has 128 valence electrons. The molecule has 0 saturated carbocycles. The number of nitrogens with one attached hydrogen (secondary N) is 1. The van der Waals surface area contributed by atoms with Gasteiger partial charge in [-0.25, -0.2) is 13.1 Å². The minimum atomic E-state index is -3.51. The molecule has 0 radical (unpaired) electrons. The average Bonchev–Trinajstić information content (AvgIpc) is 2.98. The molecule has 6 nitrogen and oxygen atoms in total. The largest absolute Gasteiger partial charge is 0.312 e. The van der Waals surface area contributed by atoms with Gasteiger partial charge in [-0.05, 0) is 43.8 Å². The molecule has 1 fully saturated rings. The topological polar surface area (TPSA) is 69.7 Å². The van der Waals surface area contributed by atoms with Crippen molar-refractivity contribution in [2.24, 2.45) is 0 Å². The standard InChI is InChI=1S/C16H25N3O3S/c1-3-18(4-2)13-11-17-23(21,22)15-9-7-14(8-10-15)19-12-5-6-16(19)20/h7-10,17H,3-6,11-13H2,1-2H3. The molecule has 0 aliphatic carbocycles. The lowest BCUT2D eigenvalue weighted by Gasteiger charge is -2.18. The molecule has 1 aromatic rings. The Labute approximate surface area is 138 Å². The van der Waals surface area contributed by atoms with E-state index in [4.69, 9.17) is 0 Å². The first-order valence-corrected chi connectivity index (χ1v) is 9.58. The van der Waals surface area contributed by atoms with Crippen LogP contribution in [0, 0.1) is 0 Å². The van der Waals surface area contributed by atoms with Crippen LogP contribution in [0.25, 0.3) is 0 Å². The Bertz CT molecular complexity index is 624. The van der Waals surface area contributed by atoms with Crippen LogP contribution >= 0.6 is 0 Å².